The van der Waals surface area contributed by atoms with Crippen LogP contribution in [0.5, 0.6) is 0 Å². The number of halogens is 5. The van der Waals surface area contributed by atoms with Crippen molar-refractivity contribution in [1.82, 2.24) is 0 Å². The van der Waals surface area contributed by atoms with Crippen LogP contribution in [-0.4, -0.2) is 12.6 Å². The summed E-state index contributed by atoms with van der Waals surface area (Å²) in [7, 11) is 0. The summed E-state index contributed by atoms with van der Waals surface area (Å²) in [4.78, 5) is 11.8. The maximum atomic E-state index is 13.8. The van der Waals surface area contributed by atoms with Gasteiger partial charge in [-0.1, -0.05) is 6.92 Å². The summed E-state index contributed by atoms with van der Waals surface area (Å²) in [6, 6.07) is 0. The van der Waals surface area contributed by atoms with Gasteiger partial charge in [-0.2, -0.15) is 0 Å². The maximum absolute atomic E-state index is 13.8. The van der Waals surface area contributed by atoms with Crippen molar-refractivity contribution < 1.29 is 31.5 Å². The quantitative estimate of drug-likeness (QED) is 0.367. The highest BCUT2D eigenvalue weighted by molar-refractivity contribution is 5.82. The second-order valence-corrected chi connectivity index (χ2v) is 4.35. The summed E-state index contributed by atoms with van der Waals surface area (Å²) in [5.74, 6) is -11.5. The molecule has 7 heteroatoms. The van der Waals surface area contributed by atoms with Gasteiger partial charge in [-0.15, -0.1) is 0 Å². The van der Waals surface area contributed by atoms with Gasteiger partial charge in [0.25, 0.3) is 0 Å². The Kier molecular flexibility index (Phi) is 4.73. The molecular formula is C13H13F5O2. The normalized spacial score (nSPS) is 14.0. The number of ether oxygens (including phenoxy) is 1. The molecule has 0 fully saturated rings. The summed E-state index contributed by atoms with van der Waals surface area (Å²) >= 11 is 0. The number of carbonyl (C=O) groups excluding carboxylic acids is 1. The molecule has 0 saturated heterocycles. The molecule has 0 aliphatic heterocycles. The van der Waals surface area contributed by atoms with E-state index in [0.717, 1.165) is 6.92 Å². The van der Waals surface area contributed by atoms with Crippen LogP contribution < -0.4 is 0 Å². The predicted molar refractivity (Wildman–Crippen MR) is 60.5 cm³/mol. The minimum atomic E-state index is -2.26. The lowest BCUT2D eigenvalue weighted by molar-refractivity contribution is -0.150. The lowest BCUT2D eigenvalue weighted by atomic mass is 9.79. The van der Waals surface area contributed by atoms with E-state index in [2.05, 4.69) is 4.74 Å². The molecule has 0 amide bonds. The second kappa shape index (κ2) is 5.76. The van der Waals surface area contributed by atoms with Crippen molar-refractivity contribution in [3.63, 3.8) is 0 Å². The van der Waals surface area contributed by atoms with Gasteiger partial charge >= 0.3 is 5.97 Å². The predicted octanol–water partition coefficient (Wildman–Crippen LogP) is 3.61. The molecule has 2 nitrogen and oxygen atoms in total. The van der Waals surface area contributed by atoms with Crippen LogP contribution in [0.2, 0.25) is 0 Å². The van der Waals surface area contributed by atoms with E-state index in [1.54, 1.807) is 0 Å². The first-order valence-corrected chi connectivity index (χ1v) is 5.91. The van der Waals surface area contributed by atoms with Gasteiger partial charge in [0.2, 0.25) is 5.82 Å². The van der Waals surface area contributed by atoms with Crippen molar-refractivity contribution in [2.75, 3.05) is 6.61 Å². The maximum Gasteiger partial charge on any atom is 0.316 e. The fraction of sp³-hybridized carbons (Fsp3) is 0.462. The Morgan fingerprint density at radius 1 is 0.950 bits per heavy atom. The van der Waals surface area contributed by atoms with Gasteiger partial charge in [0, 0.05) is 5.56 Å². The largest absolute Gasteiger partial charge is 0.465 e. The standard InChI is InChI=1S/C13H13F5O2/c1-4-13(3,12(19)20-5-2)6-7(14)9(16)11(18)10(17)8(6)15/h4-5H2,1-3H3. The van der Waals surface area contributed by atoms with Crippen LogP contribution >= 0.6 is 0 Å². The van der Waals surface area contributed by atoms with Gasteiger partial charge in [-0.05, 0) is 20.3 Å². The van der Waals surface area contributed by atoms with Gasteiger partial charge in [0.1, 0.15) is 0 Å². The number of hydrogen-bond donors (Lipinski definition) is 0. The van der Waals surface area contributed by atoms with E-state index < -0.39 is 46.0 Å². The molecule has 0 radical (unpaired) electrons. The molecule has 0 saturated carbocycles. The summed E-state index contributed by atoms with van der Waals surface area (Å²) in [6.07, 6.45) is -0.190. The Morgan fingerprint density at radius 2 is 1.35 bits per heavy atom. The molecule has 112 valence electrons. The highest BCUT2D eigenvalue weighted by Crippen LogP contribution is 2.36. The molecule has 0 aliphatic rings. The number of carbonyl (C=O) groups is 1. The van der Waals surface area contributed by atoms with Crippen LogP contribution in [0, 0.1) is 29.1 Å². The van der Waals surface area contributed by atoms with Gasteiger partial charge in [-0.25, -0.2) is 22.0 Å². The summed E-state index contributed by atoms with van der Waals surface area (Å²) in [5.41, 5.74) is -3.13. The van der Waals surface area contributed by atoms with Crippen molar-refractivity contribution in [1.29, 1.82) is 0 Å². The van der Waals surface area contributed by atoms with E-state index in [9.17, 15) is 26.7 Å². The first kappa shape index (κ1) is 16.4. The SMILES string of the molecule is CCOC(=O)C(C)(CC)c1c(F)c(F)c(F)c(F)c1F. The van der Waals surface area contributed by atoms with Gasteiger partial charge in [0.15, 0.2) is 23.3 Å². The highest BCUT2D eigenvalue weighted by Gasteiger charge is 2.43. The topological polar surface area (TPSA) is 26.3 Å². The Labute approximate surface area is 112 Å². The van der Waals surface area contributed by atoms with E-state index in [4.69, 9.17) is 0 Å². The molecule has 0 heterocycles. The third-order valence-corrected chi connectivity index (χ3v) is 3.19. The van der Waals surface area contributed by atoms with Crippen LogP contribution in [0.15, 0.2) is 0 Å². The molecule has 20 heavy (non-hydrogen) atoms. The van der Waals surface area contributed by atoms with Crippen LogP contribution in [0.3, 0.4) is 0 Å². The molecule has 1 unspecified atom stereocenters. The minimum absolute atomic E-state index is 0.0795. The minimum Gasteiger partial charge on any atom is -0.465 e. The zero-order valence-electron chi connectivity index (χ0n) is 11.1. The zero-order valence-corrected chi connectivity index (χ0v) is 11.1. The van der Waals surface area contributed by atoms with E-state index in [-0.39, 0.29) is 13.0 Å². The number of rotatable bonds is 4. The first-order chi connectivity index (χ1) is 9.22. The van der Waals surface area contributed by atoms with Crippen molar-refractivity contribution in [2.24, 2.45) is 0 Å². The van der Waals surface area contributed by atoms with E-state index in [1.165, 1.54) is 13.8 Å². The van der Waals surface area contributed by atoms with E-state index >= 15 is 0 Å². The summed E-state index contributed by atoms with van der Waals surface area (Å²) in [6.45, 7) is 3.84. The van der Waals surface area contributed by atoms with Gasteiger partial charge in [0.05, 0.1) is 12.0 Å². The molecule has 0 bridgehead atoms. The van der Waals surface area contributed by atoms with Crippen molar-refractivity contribution in [2.45, 2.75) is 32.6 Å². The van der Waals surface area contributed by atoms with Crippen molar-refractivity contribution in [3.05, 3.63) is 34.6 Å². The Bertz CT molecular complexity index is 515. The second-order valence-electron chi connectivity index (χ2n) is 4.35. The molecule has 1 aromatic rings. The van der Waals surface area contributed by atoms with Crippen LogP contribution in [-0.2, 0) is 14.9 Å². The molecule has 1 rings (SSSR count). The summed E-state index contributed by atoms with van der Waals surface area (Å²) < 4.78 is 71.6. The summed E-state index contributed by atoms with van der Waals surface area (Å²) in [5, 5.41) is 0. The van der Waals surface area contributed by atoms with Crippen molar-refractivity contribution in [3.8, 4) is 0 Å². The van der Waals surface area contributed by atoms with E-state index in [1.807, 2.05) is 0 Å². The van der Waals surface area contributed by atoms with Crippen LogP contribution in [0.4, 0.5) is 22.0 Å². The zero-order chi connectivity index (χ0) is 15.7. The molecular weight excluding hydrogens is 283 g/mol. The molecule has 1 aromatic carbocycles. The fourth-order valence-corrected chi connectivity index (χ4v) is 1.80. The highest BCUT2D eigenvalue weighted by atomic mass is 19.2. The molecule has 0 N–H and O–H groups in total. The Morgan fingerprint density at radius 3 is 1.70 bits per heavy atom. The number of hydrogen-bond acceptors (Lipinski definition) is 2. The van der Waals surface area contributed by atoms with Gasteiger partial charge < -0.3 is 4.74 Å². The average molecular weight is 296 g/mol. The van der Waals surface area contributed by atoms with Crippen LogP contribution in [0.25, 0.3) is 0 Å². The van der Waals surface area contributed by atoms with E-state index in [0.29, 0.717) is 0 Å². The fourth-order valence-electron chi connectivity index (χ4n) is 1.80. The lowest BCUT2D eigenvalue weighted by Crippen LogP contribution is -2.36. The molecule has 0 aliphatic carbocycles. The van der Waals surface area contributed by atoms with Crippen LogP contribution in [0.1, 0.15) is 32.8 Å². The number of esters is 1. The van der Waals surface area contributed by atoms with Crippen molar-refractivity contribution >= 4 is 5.97 Å². The van der Waals surface area contributed by atoms with Gasteiger partial charge in [-0.3, -0.25) is 4.79 Å². The third kappa shape index (κ3) is 2.36. The third-order valence-electron chi connectivity index (χ3n) is 3.19. The lowest BCUT2D eigenvalue weighted by Gasteiger charge is -2.27. The molecule has 0 spiro atoms. The molecule has 1 atom stereocenters. The Hall–Kier alpha value is -1.66. The molecule has 0 aromatic heterocycles. The Balaban J connectivity index is 3.63. The smallest absolute Gasteiger partial charge is 0.316 e. The first-order valence-electron chi connectivity index (χ1n) is 5.91. The monoisotopic (exact) mass is 296 g/mol. The average Bonchev–Trinajstić information content (AvgIpc) is 2.43. The number of benzene rings is 1.